The highest BCUT2D eigenvalue weighted by Crippen LogP contribution is 2.34. The van der Waals surface area contributed by atoms with Gasteiger partial charge in [0.15, 0.2) is 11.5 Å². The Morgan fingerprint density at radius 3 is 2.88 bits per heavy atom. The van der Waals surface area contributed by atoms with Crippen LogP contribution in [-0.4, -0.2) is 42.1 Å². The van der Waals surface area contributed by atoms with E-state index in [0.29, 0.717) is 43.4 Å². The molecule has 1 aromatic carbocycles. The third-order valence-electron chi connectivity index (χ3n) is 4.69. The third-order valence-corrected chi connectivity index (χ3v) is 4.69. The molecular weight excluding hydrogens is 322 g/mol. The monoisotopic (exact) mass is 343 g/mol. The minimum atomic E-state index is -0.118. The van der Waals surface area contributed by atoms with E-state index in [4.69, 9.17) is 14.2 Å². The van der Waals surface area contributed by atoms with Gasteiger partial charge in [-0.1, -0.05) is 0 Å². The molecule has 1 aromatic heterocycles. The second kappa shape index (κ2) is 6.76. The predicted molar refractivity (Wildman–Crippen MR) is 89.8 cm³/mol. The van der Waals surface area contributed by atoms with Crippen LogP contribution >= 0.6 is 0 Å². The zero-order chi connectivity index (χ0) is 17.2. The molecule has 1 N–H and O–H groups in total. The fourth-order valence-corrected chi connectivity index (χ4v) is 3.34. The van der Waals surface area contributed by atoms with Crippen molar-refractivity contribution >= 4 is 5.91 Å². The van der Waals surface area contributed by atoms with Gasteiger partial charge in [0, 0.05) is 37.9 Å². The van der Waals surface area contributed by atoms with Gasteiger partial charge in [0.2, 0.25) is 0 Å². The first-order valence-corrected chi connectivity index (χ1v) is 8.50. The molecule has 2 aromatic rings. The highest BCUT2D eigenvalue weighted by Gasteiger charge is 2.31. The quantitative estimate of drug-likeness (QED) is 0.915. The van der Waals surface area contributed by atoms with Gasteiger partial charge in [0.1, 0.15) is 19.3 Å². The van der Waals surface area contributed by atoms with Crippen LogP contribution in [0.1, 0.15) is 28.6 Å². The normalized spacial score (nSPS) is 22.0. The Balaban J connectivity index is 1.41. The van der Waals surface area contributed by atoms with Crippen LogP contribution in [0, 0.1) is 5.92 Å². The first kappa shape index (κ1) is 16.0. The van der Waals surface area contributed by atoms with Crippen molar-refractivity contribution in [2.24, 2.45) is 13.0 Å². The summed E-state index contributed by atoms with van der Waals surface area (Å²) in [5.41, 5.74) is 1.61. The van der Waals surface area contributed by atoms with Gasteiger partial charge in [-0.25, -0.2) is 0 Å². The molecule has 1 fully saturated rings. The Morgan fingerprint density at radius 2 is 2.08 bits per heavy atom. The van der Waals surface area contributed by atoms with E-state index in [1.165, 1.54) is 0 Å². The number of amides is 1. The van der Waals surface area contributed by atoms with E-state index in [-0.39, 0.29) is 17.9 Å². The van der Waals surface area contributed by atoms with E-state index < -0.39 is 0 Å². The van der Waals surface area contributed by atoms with Gasteiger partial charge in [0.25, 0.3) is 5.91 Å². The Hall–Kier alpha value is -2.54. The highest BCUT2D eigenvalue weighted by atomic mass is 16.6. The number of nitrogens with zero attached hydrogens (tertiary/aromatic N) is 2. The Bertz CT molecular complexity index is 773. The van der Waals surface area contributed by atoms with E-state index >= 15 is 0 Å². The Labute approximate surface area is 145 Å². The molecule has 0 bridgehead atoms. The summed E-state index contributed by atoms with van der Waals surface area (Å²) >= 11 is 0. The molecule has 1 saturated heterocycles. The lowest BCUT2D eigenvalue weighted by Gasteiger charge is -2.20. The van der Waals surface area contributed by atoms with Crippen LogP contribution in [0.25, 0.3) is 0 Å². The van der Waals surface area contributed by atoms with Crippen LogP contribution in [0.3, 0.4) is 0 Å². The third kappa shape index (κ3) is 3.19. The Morgan fingerprint density at radius 1 is 1.24 bits per heavy atom. The van der Waals surface area contributed by atoms with Gasteiger partial charge in [0.05, 0.1) is 5.69 Å². The fourth-order valence-electron chi connectivity index (χ4n) is 3.34. The summed E-state index contributed by atoms with van der Waals surface area (Å²) in [7, 11) is 1.90. The number of ether oxygens (including phenoxy) is 3. The number of nitrogens with one attached hydrogen (secondary N) is 1. The molecule has 4 rings (SSSR count). The average Bonchev–Trinajstić information content (AvgIpc) is 3.27. The number of carbonyl (C=O) groups excluding carboxylic acids is 1. The lowest BCUT2D eigenvalue weighted by Crippen LogP contribution is -2.31. The van der Waals surface area contributed by atoms with E-state index in [9.17, 15) is 4.79 Å². The number of rotatable bonds is 4. The number of benzene rings is 1. The molecule has 0 unspecified atom stereocenters. The molecule has 0 radical (unpaired) electrons. The van der Waals surface area contributed by atoms with Crippen LogP contribution in [-0.2, 0) is 11.8 Å². The van der Waals surface area contributed by atoms with Crippen molar-refractivity contribution in [3.63, 3.8) is 0 Å². The van der Waals surface area contributed by atoms with Crippen molar-refractivity contribution in [3.05, 3.63) is 41.7 Å². The first-order chi connectivity index (χ1) is 12.2. The van der Waals surface area contributed by atoms with Crippen molar-refractivity contribution in [2.75, 3.05) is 26.4 Å². The molecule has 2 aliphatic heterocycles. The summed E-state index contributed by atoms with van der Waals surface area (Å²) in [6.45, 7) is 2.29. The second-order valence-corrected chi connectivity index (χ2v) is 6.29. The SMILES string of the molecule is Cn1nccc1[C@@H]1OCC[C@H]1CNC(=O)c1ccc2c(c1)OCCO2. The van der Waals surface area contributed by atoms with Gasteiger partial charge in [-0.05, 0) is 30.7 Å². The molecule has 3 heterocycles. The smallest absolute Gasteiger partial charge is 0.251 e. The molecule has 2 aliphatic rings. The lowest BCUT2D eigenvalue weighted by molar-refractivity contribution is 0.0800. The topological polar surface area (TPSA) is 74.6 Å². The van der Waals surface area contributed by atoms with Gasteiger partial charge >= 0.3 is 0 Å². The molecule has 1 amide bonds. The molecule has 7 nitrogen and oxygen atoms in total. The number of hydrogen-bond acceptors (Lipinski definition) is 5. The fraction of sp³-hybridized carbons (Fsp3) is 0.444. The predicted octanol–water partition coefficient (Wildman–Crippen LogP) is 1.70. The maximum Gasteiger partial charge on any atom is 0.251 e. The summed E-state index contributed by atoms with van der Waals surface area (Å²) in [5, 5.41) is 7.22. The molecular formula is C18H21N3O4. The van der Waals surface area contributed by atoms with Gasteiger partial charge < -0.3 is 19.5 Å². The molecule has 132 valence electrons. The van der Waals surface area contributed by atoms with Gasteiger partial charge in [-0.2, -0.15) is 5.10 Å². The van der Waals surface area contributed by atoms with Gasteiger partial charge in [-0.3, -0.25) is 9.48 Å². The van der Waals surface area contributed by atoms with Crippen molar-refractivity contribution in [2.45, 2.75) is 12.5 Å². The van der Waals surface area contributed by atoms with E-state index in [0.717, 1.165) is 12.1 Å². The van der Waals surface area contributed by atoms with Crippen LogP contribution in [0.2, 0.25) is 0 Å². The van der Waals surface area contributed by atoms with E-state index in [1.807, 2.05) is 17.8 Å². The molecule has 25 heavy (non-hydrogen) atoms. The van der Waals surface area contributed by atoms with Crippen molar-refractivity contribution < 1.29 is 19.0 Å². The number of fused-ring (bicyclic) bond motifs is 1. The van der Waals surface area contributed by atoms with Crippen molar-refractivity contribution in [3.8, 4) is 11.5 Å². The lowest BCUT2D eigenvalue weighted by atomic mass is 9.98. The highest BCUT2D eigenvalue weighted by molar-refractivity contribution is 5.94. The summed E-state index contributed by atoms with van der Waals surface area (Å²) in [6.07, 6.45) is 2.65. The number of aryl methyl sites for hydroxylation is 1. The zero-order valence-corrected chi connectivity index (χ0v) is 14.1. The summed E-state index contributed by atoms with van der Waals surface area (Å²) in [5.74, 6) is 1.42. The van der Waals surface area contributed by atoms with Crippen LogP contribution in [0.5, 0.6) is 11.5 Å². The first-order valence-electron chi connectivity index (χ1n) is 8.50. The minimum absolute atomic E-state index is 0.0342. The number of aromatic nitrogens is 2. The summed E-state index contributed by atoms with van der Waals surface area (Å²) < 4.78 is 18.7. The molecule has 0 spiro atoms. The average molecular weight is 343 g/mol. The standard InChI is InChI=1S/C18H21N3O4/c1-21-14(4-6-20-21)17-13(5-7-25-17)11-19-18(22)12-2-3-15-16(10-12)24-9-8-23-15/h2-4,6,10,13,17H,5,7-9,11H2,1H3,(H,19,22)/t13-,17+/m0/s1. The minimum Gasteiger partial charge on any atom is -0.486 e. The van der Waals surface area contributed by atoms with Gasteiger partial charge in [-0.15, -0.1) is 0 Å². The van der Waals surface area contributed by atoms with Crippen molar-refractivity contribution in [1.29, 1.82) is 0 Å². The molecule has 0 saturated carbocycles. The maximum absolute atomic E-state index is 12.5. The van der Waals surface area contributed by atoms with Crippen LogP contribution in [0.15, 0.2) is 30.5 Å². The summed E-state index contributed by atoms with van der Waals surface area (Å²) in [4.78, 5) is 12.5. The van der Waals surface area contributed by atoms with E-state index in [1.54, 1.807) is 24.4 Å². The second-order valence-electron chi connectivity index (χ2n) is 6.29. The van der Waals surface area contributed by atoms with Crippen molar-refractivity contribution in [1.82, 2.24) is 15.1 Å². The number of carbonyl (C=O) groups is 1. The van der Waals surface area contributed by atoms with Crippen LogP contribution in [0.4, 0.5) is 0 Å². The Kier molecular flexibility index (Phi) is 4.31. The molecule has 2 atom stereocenters. The molecule has 7 heteroatoms. The largest absolute Gasteiger partial charge is 0.486 e. The number of hydrogen-bond donors (Lipinski definition) is 1. The van der Waals surface area contributed by atoms with E-state index in [2.05, 4.69) is 10.4 Å². The van der Waals surface area contributed by atoms with Crippen LogP contribution < -0.4 is 14.8 Å². The zero-order valence-electron chi connectivity index (χ0n) is 14.1. The molecule has 0 aliphatic carbocycles. The maximum atomic E-state index is 12.5. The summed E-state index contributed by atoms with van der Waals surface area (Å²) in [6, 6.07) is 7.23.